The zero-order valence-electron chi connectivity index (χ0n) is 18.5. The van der Waals surface area contributed by atoms with Crippen molar-refractivity contribution in [3.05, 3.63) is 71.4 Å². The van der Waals surface area contributed by atoms with Crippen molar-refractivity contribution in [2.24, 2.45) is 0 Å². The van der Waals surface area contributed by atoms with E-state index in [9.17, 15) is 26.4 Å². The molecule has 0 saturated heterocycles. The van der Waals surface area contributed by atoms with Gasteiger partial charge in [-0.1, -0.05) is 18.2 Å². The molecule has 1 heterocycles. The molecule has 0 fully saturated rings. The van der Waals surface area contributed by atoms with Crippen LogP contribution >= 0.6 is 0 Å². The summed E-state index contributed by atoms with van der Waals surface area (Å²) in [6.45, 7) is -0.101. The predicted molar refractivity (Wildman–Crippen MR) is 122 cm³/mol. The second kappa shape index (κ2) is 9.67. The van der Waals surface area contributed by atoms with Crippen LogP contribution < -0.4 is 10.6 Å². The maximum Gasteiger partial charge on any atom is 0.421 e. The number of sulfone groups is 1. The Bertz CT molecular complexity index is 1310. The largest absolute Gasteiger partial charge is 0.421 e. The van der Waals surface area contributed by atoms with Crippen LogP contribution in [0.1, 0.15) is 21.5 Å². The number of rotatable bonds is 7. The molecule has 12 heteroatoms. The van der Waals surface area contributed by atoms with Gasteiger partial charge in [-0.05, 0) is 35.9 Å². The van der Waals surface area contributed by atoms with E-state index in [1.54, 1.807) is 38.4 Å². The molecule has 180 valence electrons. The van der Waals surface area contributed by atoms with E-state index in [0.29, 0.717) is 23.0 Å². The molecule has 3 rings (SSSR count). The van der Waals surface area contributed by atoms with Crippen molar-refractivity contribution < 1.29 is 26.4 Å². The van der Waals surface area contributed by atoms with Gasteiger partial charge in [0.15, 0.2) is 9.84 Å². The molecule has 0 aliphatic heterocycles. The number of hydrogen-bond donors (Lipinski definition) is 2. The molecule has 0 spiro atoms. The number of aromatic nitrogens is 2. The van der Waals surface area contributed by atoms with E-state index in [0.717, 1.165) is 6.26 Å². The molecular formula is C22H22F3N5O3S. The lowest BCUT2D eigenvalue weighted by Gasteiger charge is -2.15. The van der Waals surface area contributed by atoms with Crippen LogP contribution in [0.4, 0.5) is 30.6 Å². The third-order valence-electron chi connectivity index (χ3n) is 4.65. The molecule has 34 heavy (non-hydrogen) atoms. The highest BCUT2D eigenvalue weighted by atomic mass is 32.2. The quantitative estimate of drug-likeness (QED) is 0.514. The average molecular weight is 494 g/mol. The molecule has 0 radical (unpaired) electrons. The monoisotopic (exact) mass is 493 g/mol. The van der Waals surface area contributed by atoms with Gasteiger partial charge in [0.25, 0.3) is 5.91 Å². The number of hydrogen-bond acceptors (Lipinski definition) is 7. The highest BCUT2D eigenvalue weighted by molar-refractivity contribution is 7.90. The fourth-order valence-corrected chi connectivity index (χ4v) is 3.66. The van der Waals surface area contributed by atoms with Gasteiger partial charge in [0.1, 0.15) is 11.4 Å². The first-order chi connectivity index (χ1) is 15.8. The van der Waals surface area contributed by atoms with Crippen LogP contribution in [0, 0.1) is 0 Å². The van der Waals surface area contributed by atoms with Gasteiger partial charge in [0.05, 0.1) is 4.90 Å². The molecule has 8 nitrogen and oxygen atoms in total. The Morgan fingerprint density at radius 3 is 2.44 bits per heavy atom. The molecule has 2 aromatic carbocycles. The van der Waals surface area contributed by atoms with E-state index in [2.05, 4.69) is 20.6 Å². The average Bonchev–Trinajstić information content (AvgIpc) is 2.76. The highest BCUT2D eigenvalue weighted by Gasteiger charge is 2.35. The third kappa shape index (κ3) is 6.22. The summed E-state index contributed by atoms with van der Waals surface area (Å²) >= 11 is 0. The SMILES string of the molecule is CN(C)C(=O)c1cccc(Nc2ncc(C(F)(F)F)c(NCc3cccc(S(C)(=O)=O)c3)n2)c1. The number of amides is 1. The molecule has 3 aromatic rings. The Hall–Kier alpha value is -3.67. The zero-order chi connectivity index (χ0) is 25.1. The number of benzene rings is 2. The number of nitrogens with one attached hydrogen (secondary N) is 2. The number of anilines is 3. The van der Waals surface area contributed by atoms with Crippen LogP contribution in [0.2, 0.25) is 0 Å². The summed E-state index contributed by atoms with van der Waals surface area (Å²) in [6, 6.07) is 12.3. The molecule has 0 aliphatic carbocycles. The van der Waals surface area contributed by atoms with Gasteiger partial charge in [0, 0.05) is 44.3 Å². The van der Waals surface area contributed by atoms with Crippen molar-refractivity contribution in [3.8, 4) is 0 Å². The molecule has 0 saturated carbocycles. The molecular weight excluding hydrogens is 471 g/mol. The van der Waals surface area contributed by atoms with Gasteiger partial charge >= 0.3 is 6.18 Å². The lowest BCUT2D eigenvalue weighted by atomic mass is 10.2. The van der Waals surface area contributed by atoms with Crippen LogP contribution in [0.25, 0.3) is 0 Å². The molecule has 0 aliphatic rings. The van der Waals surface area contributed by atoms with Crippen LogP contribution in [0.5, 0.6) is 0 Å². The zero-order valence-corrected chi connectivity index (χ0v) is 19.3. The fourth-order valence-electron chi connectivity index (χ4n) is 2.97. The predicted octanol–water partition coefficient (Wildman–Crippen LogP) is 3.96. The highest BCUT2D eigenvalue weighted by Crippen LogP contribution is 2.34. The van der Waals surface area contributed by atoms with Crippen LogP contribution in [-0.2, 0) is 22.6 Å². The minimum Gasteiger partial charge on any atom is -0.365 e. The Labute approximate surface area is 194 Å². The topological polar surface area (TPSA) is 104 Å². The van der Waals surface area contributed by atoms with Crippen molar-refractivity contribution in [1.29, 1.82) is 0 Å². The summed E-state index contributed by atoms with van der Waals surface area (Å²) in [5.41, 5.74) is 0.179. The van der Waals surface area contributed by atoms with Gasteiger partial charge in [-0.25, -0.2) is 13.4 Å². The van der Waals surface area contributed by atoms with E-state index in [1.807, 2.05) is 0 Å². The van der Waals surface area contributed by atoms with Gasteiger partial charge in [-0.3, -0.25) is 4.79 Å². The number of carbonyl (C=O) groups excluding carboxylic acids is 1. The van der Waals surface area contributed by atoms with E-state index < -0.39 is 27.4 Å². The Kier molecular flexibility index (Phi) is 7.10. The van der Waals surface area contributed by atoms with Crippen molar-refractivity contribution in [3.63, 3.8) is 0 Å². The van der Waals surface area contributed by atoms with Crippen molar-refractivity contribution in [2.75, 3.05) is 31.0 Å². The molecule has 2 N–H and O–H groups in total. The maximum atomic E-state index is 13.5. The molecule has 0 atom stereocenters. The van der Waals surface area contributed by atoms with Crippen molar-refractivity contribution in [1.82, 2.24) is 14.9 Å². The van der Waals surface area contributed by atoms with Crippen molar-refractivity contribution in [2.45, 2.75) is 17.6 Å². The minimum atomic E-state index is -4.71. The Balaban J connectivity index is 1.88. The second-order valence-electron chi connectivity index (χ2n) is 7.63. The fraction of sp³-hybridized carbons (Fsp3) is 0.227. The van der Waals surface area contributed by atoms with E-state index >= 15 is 0 Å². The number of nitrogens with zero attached hydrogens (tertiary/aromatic N) is 3. The maximum absolute atomic E-state index is 13.5. The number of halogens is 3. The van der Waals surface area contributed by atoms with Gasteiger partial charge in [-0.15, -0.1) is 0 Å². The molecule has 0 bridgehead atoms. The van der Waals surface area contributed by atoms with E-state index in [1.165, 1.54) is 29.2 Å². The standard InChI is InChI=1S/C22H22F3N5O3S/c1-30(2)20(31)15-7-5-8-16(11-15)28-21-27-13-18(22(23,24)25)19(29-21)26-12-14-6-4-9-17(10-14)34(3,32)33/h4-11,13H,12H2,1-3H3,(H2,26,27,28,29). The first kappa shape index (κ1) is 25.0. The summed E-state index contributed by atoms with van der Waals surface area (Å²) in [6.07, 6.45) is -3.02. The van der Waals surface area contributed by atoms with Gasteiger partial charge in [-0.2, -0.15) is 18.2 Å². The van der Waals surface area contributed by atoms with E-state index in [-0.39, 0.29) is 23.3 Å². The van der Waals surface area contributed by atoms with Crippen LogP contribution in [-0.4, -0.2) is 49.5 Å². The molecule has 1 amide bonds. The van der Waals surface area contributed by atoms with E-state index in [4.69, 9.17) is 0 Å². The smallest absolute Gasteiger partial charge is 0.365 e. The first-order valence-electron chi connectivity index (χ1n) is 9.90. The summed E-state index contributed by atoms with van der Waals surface area (Å²) in [5, 5.41) is 5.42. The normalized spacial score (nSPS) is 11.7. The van der Waals surface area contributed by atoms with Gasteiger partial charge in [0.2, 0.25) is 5.95 Å². The first-order valence-corrected chi connectivity index (χ1v) is 11.8. The van der Waals surface area contributed by atoms with Crippen LogP contribution in [0.3, 0.4) is 0 Å². The summed E-state index contributed by atoms with van der Waals surface area (Å²) in [4.78, 5) is 21.3. The third-order valence-corrected chi connectivity index (χ3v) is 5.76. The summed E-state index contributed by atoms with van der Waals surface area (Å²) in [7, 11) is -0.262. The number of carbonyl (C=O) groups is 1. The van der Waals surface area contributed by atoms with Crippen LogP contribution in [0.15, 0.2) is 59.6 Å². The lowest BCUT2D eigenvalue weighted by molar-refractivity contribution is -0.137. The second-order valence-corrected chi connectivity index (χ2v) is 9.65. The Morgan fingerprint density at radius 1 is 1.09 bits per heavy atom. The van der Waals surface area contributed by atoms with Gasteiger partial charge < -0.3 is 15.5 Å². The van der Waals surface area contributed by atoms with Crippen molar-refractivity contribution >= 4 is 33.2 Å². The summed E-state index contributed by atoms with van der Waals surface area (Å²) in [5.74, 6) is -0.833. The Morgan fingerprint density at radius 2 is 1.79 bits per heavy atom. The summed E-state index contributed by atoms with van der Waals surface area (Å²) < 4.78 is 64.0. The lowest BCUT2D eigenvalue weighted by Crippen LogP contribution is -2.21. The molecule has 1 aromatic heterocycles. The number of alkyl halides is 3. The molecule has 0 unspecified atom stereocenters. The minimum absolute atomic E-state index is 0.0556.